The zero-order chi connectivity index (χ0) is 34.2. The van der Waals surface area contributed by atoms with Crippen LogP contribution in [0.1, 0.15) is 45.4 Å². The van der Waals surface area contributed by atoms with E-state index in [4.69, 9.17) is 0 Å². The third-order valence-electron chi connectivity index (χ3n) is 8.18. The van der Waals surface area contributed by atoms with Crippen LogP contribution in [0.3, 0.4) is 0 Å². The average molecular weight is 711 g/mol. The molecule has 254 valence electrons. The summed E-state index contributed by atoms with van der Waals surface area (Å²) >= 11 is 0. The van der Waals surface area contributed by atoms with Crippen LogP contribution in [0.15, 0.2) is 121 Å². The molecule has 6 rings (SSSR count). The second kappa shape index (κ2) is 19.1. The Morgan fingerprint density at radius 1 is 0.532 bits per heavy atom. The molecule has 0 aliphatic carbocycles. The van der Waals surface area contributed by atoms with Gasteiger partial charge < -0.3 is 18.3 Å². The van der Waals surface area contributed by atoms with Crippen LogP contribution in [0.2, 0.25) is 0 Å². The summed E-state index contributed by atoms with van der Waals surface area (Å²) in [4.78, 5) is 0. The minimum atomic E-state index is -2.78. The molecule has 0 spiro atoms. The maximum atomic E-state index is 13.8. The predicted molar refractivity (Wildman–Crippen MR) is 210 cm³/mol. The second-order valence-electron chi connectivity index (χ2n) is 13.2. The lowest BCUT2D eigenvalue weighted by Crippen LogP contribution is -2.24. The van der Waals surface area contributed by atoms with Crippen molar-refractivity contribution in [2.75, 3.05) is 50.8 Å². The molecule has 0 amide bonds. The Balaban J connectivity index is 0.000000190. The third-order valence-corrected chi connectivity index (χ3v) is 18.0. The fourth-order valence-electron chi connectivity index (χ4n) is 5.75. The highest BCUT2D eigenvalue weighted by Gasteiger charge is 2.29. The van der Waals surface area contributed by atoms with Crippen molar-refractivity contribution in [3.63, 3.8) is 0 Å². The highest BCUT2D eigenvalue weighted by atomic mass is 31.2. The van der Waals surface area contributed by atoms with Crippen LogP contribution in [-0.4, -0.2) is 50.8 Å². The SMILES string of the molecule is CCCCP1(=O)CCCC1.CP(C)(C)=O.O=P(c1ccccc1)(c1ccccc1)c1ccccc1.O=P1(c2ccccc2)CCCC1. The fourth-order valence-corrected chi connectivity index (χ4v) is 14.5. The molecule has 4 aromatic carbocycles. The molecule has 8 heteroatoms. The summed E-state index contributed by atoms with van der Waals surface area (Å²) in [5.74, 6) is 0. The van der Waals surface area contributed by atoms with Crippen molar-refractivity contribution >= 4 is 49.8 Å². The van der Waals surface area contributed by atoms with Crippen LogP contribution >= 0.6 is 28.6 Å². The van der Waals surface area contributed by atoms with E-state index in [1.54, 1.807) is 20.0 Å². The number of hydrogen-bond donors (Lipinski definition) is 0. The highest BCUT2D eigenvalue weighted by molar-refractivity contribution is 7.85. The minimum Gasteiger partial charge on any atom is -0.324 e. The van der Waals surface area contributed by atoms with Crippen molar-refractivity contribution in [2.45, 2.75) is 45.4 Å². The molecule has 47 heavy (non-hydrogen) atoms. The normalized spacial score (nSPS) is 16.3. The topological polar surface area (TPSA) is 68.3 Å². The van der Waals surface area contributed by atoms with Crippen molar-refractivity contribution in [3.8, 4) is 0 Å². The summed E-state index contributed by atoms with van der Waals surface area (Å²) in [6.07, 6.45) is 12.1. The second-order valence-corrected chi connectivity index (χ2v) is 26.4. The number of unbranched alkanes of at least 4 members (excludes halogenated alkanes) is 1. The molecule has 0 N–H and O–H groups in total. The highest BCUT2D eigenvalue weighted by Crippen LogP contribution is 2.52. The summed E-state index contributed by atoms with van der Waals surface area (Å²) < 4.78 is 48.0. The Morgan fingerprint density at radius 2 is 0.851 bits per heavy atom. The molecule has 0 saturated carbocycles. The largest absolute Gasteiger partial charge is 0.324 e. The fraction of sp³-hybridized carbons (Fsp3) is 0.385. The summed E-state index contributed by atoms with van der Waals surface area (Å²) in [6.45, 7) is 7.40. The molecule has 2 aliphatic rings. The first-order valence-corrected chi connectivity index (χ1v) is 26.0. The van der Waals surface area contributed by atoms with Gasteiger partial charge >= 0.3 is 0 Å². The molecule has 4 aromatic rings. The molecule has 0 aromatic heterocycles. The molecule has 2 aliphatic heterocycles. The summed E-state index contributed by atoms with van der Waals surface area (Å²) in [5, 5.41) is 3.70. The maximum absolute atomic E-state index is 13.8. The van der Waals surface area contributed by atoms with E-state index in [9.17, 15) is 18.3 Å². The van der Waals surface area contributed by atoms with Gasteiger partial charge in [-0.2, -0.15) is 0 Å². The van der Waals surface area contributed by atoms with Crippen LogP contribution in [0.4, 0.5) is 0 Å². The minimum absolute atomic E-state index is 0.873. The Morgan fingerprint density at radius 3 is 1.19 bits per heavy atom. The molecular weight excluding hydrogens is 656 g/mol. The van der Waals surface area contributed by atoms with Crippen LogP contribution < -0.4 is 21.2 Å². The Bertz CT molecular complexity index is 1520. The van der Waals surface area contributed by atoms with E-state index in [-0.39, 0.29) is 0 Å². The quantitative estimate of drug-likeness (QED) is 0.179. The first kappa shape index (κ1) is 39.2. The van der Waals surface area contributed by atoms with Crippen LogP contribution in [0.5, 0.6) is 0 Å². The van der Waals surface area contributed by atoms with E-state index in [0.717, 1.165) is 64.9 Å². The zero-order valence-electron chi connectivity index (χ0n) is 28.7. The van der Waals surface area contributed by atoms with E-state index < -0.39 is 28.6 Å². The van der Waals surface area contributed by atoms with E-state index in [0.29, 0.717) is 0 Å². The van der Waals surface area contributed by atoms with Crippen LogP contribution in [0, 0.1) is 0 Å². The van der Waals surface area contributed by atoms with Gasteiger partial charge in [0, 0.05) is 52.0 Å². The first-order valence-electron chi connectivity index (χ1n) is 16.9. The molecule has 0 unspecified atom stereocenters. The molecule has 0 atom stereocenters. The van der Waals surface area contributed by atoms with Gasteiger partial charge in [-0.15, -0.1) is 0 Å². The molecule has 2 heterocycles. The van der Waals surface area contributed by atoms with Crippen molar-refractivity contribution < 1.29 is 18.3 Å². The van der Waals surface area contributed by atoms with Gasteiger partial charge in [-0.3, -0.25) is 0 Å². The summed E-state index contributed by atoms with van der Waals surface area (Å²) in [6, 6.07) is 39.1. The zero-order valence-corrected chi connectivity index (χ0v) is 32.3. The standard InChI is InChI=1S/C18H15OP.C10H13OP.C8H17OP.C3H9OP/c19-20(16-10-4-1-5-11-16,17-12-6-2-7-13-17)18-14-8-3-9-15-18;11-12(8-4-5-9-12)10-6-2-1-3-7-10;1-2-3-6-10(9)7-4-5-8-10;1-5(2,3)4/h1-15H;1-3,6-7H,4-5,8-9H2;2-8H2,1H3;1-3H3. The van der Waals surface area contributed by atoms with Crippen LogP contribution in [-0.2, 0) is 18.3 Å². The van der Waals surface area contributed by atoms with Crippen molar-refractivity contribution in [2.24, 2.45) is 0 Å². The van der Waals surface area contributed by atoms with E-state index in [2.05, 4.69) is 6.92 Å². The number of rotatable bonds is 7. The lowest BCUT2D eigenvalue weighted by molar-refractivity contribution is 0.576. The van der Waals surface area contributed by atoms with Crippen molar-refractivity contribution in [1.82, 2.24) is 0 Å². The van der Waals surface area contributed by atoms with E-state index in [1.165, 1.54) is 25.7 Å². The van der Waals surface area contributed by atoms with Gasteiger partial charge in [-0.1, -0.05) is 135 Å². The monoisotopic (exact) mass is 710 g/mol. The number of hydrogen-bond acceptors (Lipinski definition) is 4. The molecule has 2 saturated heterocycles. The van der Waals surface area contributed by atoms with Gasteiger partial charge in [0.25, 0.3) is 0 Å². The van der Waals surface area contributed by atoms with Crippen molar-refractivity contribution in [1.29, 1.82) is 0 Å². The average Bonchev–Trinajstić information content (AvgIpc) is 3.74. The maximum Gasteiger partial charge on any atom is 0.171 e. The number of benzene rings is 4. The summed E-state index contributed by atoms with van der Waals surface area (Å²) in [5.41, 5.74) is 0. The molecule has 2 fully saturated rings. The first-order chi connectivity index (χ1) is 22.4. The molecular formula is C39H54O4P4. The van der Waals surface area contributed by atoms with Gasteiger partial charge in [0.2, 0.25) is 0 Å². The van der Waals surface area contributed by atoms with Crippen molar-refractivity contribution in [3.05, 3.63) is 121 Å². The molecule has 0 radical (unpaired) electrons. The predicted octanol–water partition coefficient (Wildman–Crippen LogP) is 9.98. The van der Waals surface area contributed by atoms with E-state index >= 15 is 0 Å². The Hall–Kier alpha value is -2.20. The van der Waals surface area contributed by atoms with Gasteiger partial charge in [0.05, 0.1) is 14.3 Å². The lowest BCUT2D eigenvalue weighted by Gasteiger charge is -2.19. The molecule has 0 bridgehead atoms. The third kappa shape index (κ3) is 13.0. The summed E-state index contributed by atoms with van der Waals surface area (Å²) in [7, 11) is -7.92. The molecule has 4 nitrogen and oxygen atoms in total. The smallest absolute Gasteiger partial charge is 0.171 e. The van der Waals surface area contributed by atoms with Gasteiger partial charge in [0.1, 0.15) is 7.14 Å². The lowest BCUT2D eigenvalue weighted by atomic mass is 10.4. The van der Waals surface area contributed by atoms with Gasteiger partial charge in [-0.25, -0.2) is 0 Å². The Kier molecular flexibility index (Phi) is 16.0. The van der Waals surface area contributed by atoms with Gasteiger partial charge in [0.15, 0.2) is 7.14 Å². The van der Waals surface area contributed by atoms with Crippen LogP contribution in [0.25, 0.3) is 0 Å². The Labute approximate surface area is 284 Å². The van der Waals surface area contributed by atoms with E-state index in [1.807, 2.05) is 121 Å². The van der Waals surface area contributed by atoms with Gasteiger partial charge in [-0.05, 0) is 52.1 Å².